The number of carbonyl (C=O) groups is 1. The van der Waals surface area contributed by atoms with Crippen LogP contribution in [-0.2, 0) is 11.3 Å². The van der Waals surface area contributed by atoms with Crippen LogP contribution in [0.15, 0.2) is 42.7 Å². The van der Waals surface area contributed by atoms with E-state index in [1.807, 2.05) is 55.3 Å². The van der Waals surface area contributed by atoms with Gasteiger partial charge in [0, 0.05) is 42.9 Å². The van der Waals surface area contributed by atoms with E-state index in [1.165, 1.54) is 0 Å². The topological polar surface area (TPSA) is 84.0 Å². The van der Waals surface area contributed by atoms with Gasteiger partial charge in [0.2, 0.25) is 0 Å². The van der Waals surface area contributed by atoms with E-state index in [-0.39, 0.29) is 5.91 Å². The number of aryl methyl sites for hydroxylation is 1. The van der Waals surface area contributed by atoms with Gasteiger partial charge in [0.25, 0.3) is 5.91 Å². The predicted molar refractivity (Wildman–Crippen MR) is 114 cm³/mol. The molecule has 1 aliphatic rings. The van der Waals surface area contributed by atoms with Crippen molar-refractivity contribution >= 4 is 5.91 Å². The van der Waals surface area contributed by atoms with Crippen molar-refractivity contribution in [3.63, 3.8) is 0 Å². The van der Waals surface area contributed by atoms with E-state index in [9.17, 15) is 4.79 Å². The van der Waals surface area contributed by atoms with Crippen molar-refractivity contribution in [3.8, 4) is 11.3 Å². The van der Waals surface area contributed by atoms with Crippen molar-refractivity contribution in [2.24, 2.45) is 0 Å². The van der Waals surface area contributed by atoms with Gasteiger partial charge in [0.15, 0.2) is 0 Å². The molecular formula is C23H27N5O2. The summed E-state index contributed by atoms with van der Waals surface area (Å²) in [6.45, 7) is 6.48. The highest BCUT2D eigenvalue weighted by Crippen LogP contribution is 2.31. The maximum Gasteiger partial charge on any atom is 0.257 e. The first-order chi connectivity index (χ1) is 14.7. The number of likely N-dealkylation sites (tertiary alicyclic amines) is 1. The molecule has 30 heavy (non-hydrogen) atoms. The molecule has 156 valence electrons. The monoisotopic (exact) mass is 405 g/mol. The number of benzene rings is 1. The van der Waals surface area contributed by atoms with Crippen LogP contribution in [-0.4, -0.2) is 50.7 Å². The molecule has 1 N–H and O–H groups in total. The number of carbonyl (C=O) groups excluding carboxylic acids is 1. The van der Waals surface area contributed by atoms with Gasteiger partial charge in [0.1, 0.15) is 5.82 Å². The molecule has 2 aromatic heterocycles. The first-order valence-electron chi connectivity index (χ1n) is 10.5. The highest BCUT2D eigenvalue weighted by atomic mass is 16.5. The molecule has 1 aliphatic heterocycles. The van der Waals surface area contributed by atoms with Gasteiger partial charge in [-0.25, -0.2) is 9.97 Å². The largest absolute Gasteiger partial charge is 0.377 e. The van der Waals surface area contributed by atoms with Gasteiger partial charge in [-0.2, -0.15) is 5.10 Å². The molecule has 0 aliphatic carbocycles. The molecule has 0 unspecified atom stereocenters. The lowest BCUT2D eigenvalue weighted by Gasteiger charge is -2.32. The summed E-state index contributed by atoms with van der Waals surface area (Å²) in [6.07, 6.45) is 5.26. The molecule has 4 rings (SSSR count). The van der Waals surface area contributed by atoms with E-state index in [4.69, 9.17) is 9.72 Å². The zero-order valence-electron chi connectivity index (χ0n) is 17.5. The second-order valence-corrected chi connectivity index (χ2v) is 7.56. The number of ether oxygens (including phenoxy) is 1. The number of rotatable bonds is 6. The van der Waals surface area contributed by atoms with Crippen LogP contribution in [0.5, 0.6) is 0 Å². The van der Waals surface area contributed by atoms with E-state index < -0.39 is 0 Å². The van der Waals surface area contributed by atoms with Gasteiger partial charge in [-0.3, -0.25) is 9.89 Å². The number of hydrogen-bond donors (Lipinski definition) is 1. The minimum absolute atomic E-state index is 0.0226. The maximum absolute atomic E-state index is 13.2. The average Bonchev–Trinajstić information content (AvgIpc) is 3.28. The van der Waals surface area contributed by atoms with Crippen molar-refractivity contribution in [2.75, 3.05) is 19.7 Å². The molecule has 7 nitrogen and oxygen atoms in total. The first-order valence-corrected chi connectivity index (χ1v) is 10.5. The second-order valence-electron chi connectivity index (χ2n) is 7.56. The van der Waals surface area contributed by atoms with Gasteiger partial charge in [-0.1, -0.05) is 30.3 Å². The number of hydrogen-bond acceptors (Lipinski definition) is 5. The Balaban J connectivity index is 1.47. The van der Waals surface area contributed by atoms with Crippen LogP contribution in [0.1, 0.15) is 53.1 Å². The van der Waals surface area contributed by atoms with Crippen LogP contribution in [0.25, 0.3) is 11.3 Å². The molecule has 3 aromatic rings. The van der Waals surface area contributed by atoms with Crippen LogP contribution in [0.3, 0.4) is 0 Å². The quantitative estimate of drug-likeness (QED) is 0.675. The average molecular weight is 406 g/mol. The minimum Gasteiger partial charge on any atom is -0.377 e. The van der Waals surface area contributed by atoms with E-state index in [0.29, 0.717) is 37.8 Å². The Bertz CT molecular complexity index is 994. The zero-order chi connectivity index (χ0) is 20.9. The van der Waals surface area contributed by atoms with Gasteiger partial charge in [0.05, 0.1) is 29.8 Å². The Kier molecular flexibility index (Phi) is 6.18. The van der Waals surface area contributed by atoms with Crippen molar-refractivity contribution in [2.45, 2.75) is 39.2 Å². The lowest BCUT2D eigenvalue weighted by atomic mass is 9.90. The SMILES string of the molecule is CCOCc1cnc(C)nc1C1CCN(C(=O)c2cn[nH]c2-c2ccccc2)CC1. The number of nitrogens with one attached hydrogen (secondary N) is 1. The van der Waals surface area contributed by atoms with Crippen LogP contribution < -0.4 is 0 Å². The Labute approximate surface area is 176 Å². The molecule has 0 radical (unpaired) electrons. The highest BCUT2D eigenvalue weighted by molar-refractivity contribution is 5.99. The molecule has 1 saturated heterocycles. The number of H-pyrrole nitrogens is 1. The smallest absolute Gasteiger partial charge is 0.257 e. The van der Waals surface area contributed by atoms with Crippen molar-refractivity contribution in [1.29, 1.82) is 0 Å². The Hall–Kier alpha value is -3.06. The van der Waals surface area contributed by atoms with Crippen LogP contribution in [0, 0.1) is 6.92 Å². The Morgan fingerprint density at radius 2 is 1.97 bits per heavy atom. The second kappa shape index (κ2) is 9.17. The minimum atomic E-state index is 0.0226. The van der Waals surface area contributed by atoms with E-state index in [1.54, 1.807) is 6.20 Å². The summed E-state index contributed by atoms with van der Waals surface area (Å²) in [4.78, 5) is 24.2. The molecule has 0 bridgehead atoms. The summed E-state index contributed by atoms with van der Waals surface area (Å²) >= 11 is 0. The lowest BCUT2D eigenvalue weighted by Crippen LogP contribution is -2.38. The van der Waals surface area contributed by atoms with E-state index >= 15 is 0 Å². The van der Waals surface area contributed by atoms with E-state index in [0.717, 1.165) is 41.2 Å². The lowest BCUT2D eigenvalue weighted by molar-refractivity contribution is 0.0711. The van der Waals surface area contributed by atoms with Crippen LogP contribution >= 0.6 is 0 Å². The van der Waals surface area contributed by atoms with Gasteiger partial charge < -0.3 is 9.64 Å². The highest BCUT2D eigenvalue weighted by Gasteiger charge is 2.28. The molecule has 0 saturated carbocycles. The van der Waals surface area contributed by atoms with Crippen molar-refractivity contribution in [1.82, 2.24) is 25.1 Å². The third-order valence-electron chi connectivity index (χ3n) is 5.58. The van der Waals surface area contributed by atoms with E-state index in [2.05, 4.69) is 15.2 Å². The molecule has 0 spiro atoms. The molecule has 0 atom stereocenters. The third-order valence-corrected chi connectivity index (χ3v) is 5.58. The fourth-order valence-corrected chi connectivity index (χ4v) is 3.99. The van der Waals surface area contributed by atoms with Crippen LogP contribution in [0.2, 0.25) is 0 Å². The summed E-state index contributed by atoms with van der Waals surface area (Å²) in [5.41, 5.74) is 4.47. The van der Waals surface area contributed by atoms with Gasteiger partial charge in [-0.15, -0.1) is 0 Å². The summed E-state index contributed by atoms with van der Waals surface area (Å²) in [7, 11) is 0. The maximum atomic E-state index is 13.2. The summed E-state index contributed by atoms with van der Waals surface area (Å²) < 4.78 is 5.60. The Morgan fingerprint density at radius 3 is 2.70 bits per heavy atom. The standard InChI is InChI=1S/C23H27N5O2/c1-3-30-15-19-13-24-16(2)26-21(19)18-9-11-28(12-10-18)23(29)20-14-25-27-22(20)17-7-5-4-6-8-17/h4-8,13-14,18H,3,9-12,15H2,1-2H3,(H,25,27). The molecule has 1 aromatic carbocycles. The molecule has 3 heterocycles. The molecule has 1 fully saturated rings. The number of piperidine rings is 1. The van der Waals surface area contributed by atoms with Crippen molar-refractivity contribution in [3.05, 3.63) is 65.4 Å². The molecular weight excluding hydrogens is 378 g/mol. The Morgan fingerprint density at radius 1 is 1.20 bits per heavy atom. The zero-order valence-corrected chi connectivity index (χ0v) is 17.5. The number of amides is 1. The van der Waals surface area contributed by atoms with Gasteiger partial charge in [-0.05, 0) is 26.7 Å². The third kappa shape index (κ3) is 4.26. The normalized spacial score (nSPS) is 14.8. The molecule has 1 amide bonds. The number of aromatic nitrogens is 4. The first kappa shape index (κ1) is 20.2. The summed E-state index contributed by atoms with van der Waals surface area (Å²) in [6, 6.07) is 9.83. The van der Waals surface area contributed by atoms with Crippen LogP contribution in [0.4, 0.5) is 0 Å². The molecule has 7 heteroatoms. The number of nitrogens with zero attached hydrogens (tertiary/aromatic N) is 4. The summed E-state index contributed by atoms with van der Waals surface area (Å²) in [5.74, 6) is 1.10. The van der Waals surface area contributed by atoms with Crippen molar-refractivity contribution < 1.29 is 9.53 Å². The fourth-order valence-electron chi connectivity index (χ4n) is 3.99. The van der Waals surface area contributed by atoms with Gasteiger partial charge >= 0.3 is 0 Å². The predicted octanol–water partition coefficient (Wildman–Crippen LogP) is 3.73. The number of aromatic amines is 1. The summed E-state index contributed by atoms with van der Waals surface area (Å²) in [5, 5.41) is 7.11. The fraction of sp³-hybridized carbons (Fsp3) is 0.391.